The Morgan fingerprint density at radius 2 is 1.77 bits per heavy atom. The first-order valence-electron chi connectivity index (χ1n) is 9.57. The third-order valence-electron chi connectivity index (χ3n) is 5.10. The number of carbonyl (C=O) groups is 1. The molecular weight excluding hydrogens is 376 g/mol. The van der Waals surface area contributed by atoms with E-state index in [4.69, 9.17) is 0 Å². The average Bonchev–Trinajstić information content (AvgIpc) is 3.43. The average molecular weight is 394 g/mol. The molecule has 0 aliphatic heterocycles. The van der Waals surface area contributed by atoms with Gasteiger partial charge in [0.2, 0.25) is 0 Å². The Kier molecular flexibility index (Phi) is 4.37. The number of aromatic amines is 2. The van der Waals surface area contributed by atoms with Crippen LogP contribution in [0.1, 0.15) is 21.7 Å². The summed E-state index contributed by atoms with van der Waals surface area (Å²) in [5, 5.41) is 9.50. The second-order valence-corrected chi connectivity index (χ2v) is 7.08. The summed E-state index contributed by atoms with van der Waals surface area (Å²) in [4.78, 5) is 26.8. The van der Waals surface area contributed by atoms with Crippen molar-refractivity contribution in [1.29, 1.82) is 0 Å². The van der Waals surface area contributed by atoms with Crippen LogP contribution in [0, 0.1) is 0 Å². The van der Waals surface area contributed by atoms with Gasteiger partial charge < -0.3 is 15.1 Å². The molecular formula is C24H18N4O2. The van der Waals surface area contributed by atoms with Crippen molar-refractivity contribution in [3.8, 4) is 22.5 Å². The summed E-state index contributed by atoms with van der Waals surface area (Å²) in [6.07, 6.45) is 4.01. The van der Waals surface area contributed by atoms with E-state index in [1.54, 1.807) is 18.5 Å². The number of hydrogen-bond donors (Lipinski definition) is 3. The van der Waals surface area contributed by atoms with E-state index in [0.29, 0.717) is 17.8 Å². The predicted octanol–water partition coefficient (Wildman–Crippen LogP) is 4.91. The zero-order chi connectivity index (χ0) is 20.5. The summed E-state index contributed by atoms with van der Waals surface area (Å²) in [5.74, 6) is 0.486. The Morgan fingerprint density at radius 1 is 0.967 bits per heavy atom. The first-order valence-corrected chi connectivity index (χ1v) is 9.57. The number of H-pyrrole nitrogens is 2. The molecule has 0 amide bonds. The van der Waals surface area contributed by atoms with Gasteiger partial charge in [0.05, 0.1) is 16.6 Å². The lowest BCUT2D eigenvalue weighted by atomic mass is 9.97. The number of para-hydroxylation sites is 2. The molecule has 5 aromatic rings. The molecule has 2 aromatic heterocycles. The number of hydrogen-bond acceptors (Lipinski definition) is 3. The smallest absolute Gasteiger partial charge is 0.336 e. The van der Waals surface area contributed by atoms with E-state index in [2.05, 4.69) is 32.1 Å². The highest BCUT2D eigenvalue weighted by Crippen LogP contribution is 2.28. The molecule has 146 valence electrons. The molecule has 6 heteroatoms. The monoisotopic (exact) mass is 394 g/mol. The number of rotatable bonds is 5. The van der Waals surface area contributed by atoms with Crippen molar-refractivity contribution >= 4 is 17.0 Å². The standard InChI is InChI=1S/C24H18N4O2/c29-24(30)18-10-9-17(14-19(18)23-25-11-12-26-23)16-7-5-15(6-8-16)13-22-27-20-3-1-2-4-21(20)28-22/h1-12,14H,13H2,(H,25,26)(H,27,28)(H,29,30). The SMILES string of the molecule is O=C(O)c1ccc(-c2ccc(Cc3nc4ccccc4[nH]3)cc2)cc1-c1ncc[nH]1. The minimum Gasteiger partial charge on any atom is -0.478 e. The number of nitrogens with zero attached hydrogens (tertiary/aromatic N) is 2. The van der Waals surface area contributed by atoms with E-state index in [0.717, 1.165) is 33.5 Å². The normalized spacial score (nSPS) is 11.1. The Morgan fingerprint density at radius 3 is 2.50 bits per heavy atom. The maximum atomic E-state index is 11.6. The minimum absolute atomic E-state index is 0.218. The van der Waals surface area contributed by atoms with Crippen molar-refractivity contribution in [1.82, 2.24) is 19.9 Å². The van der Waals surface area contributed by atoms with E-state index in [-0.39, 0.29) is 5.56 Å². The summed E-state index contributed by atoms with van der Waals surface area (Å²) in [7, 11) is 0. The van der Waals surface area contributed by atoms with Crippen LogP contribution in [0.25, 0.3) is 33.5 Å². The van der Waals surface area contributed by atoms with E-state index in [9.17, 15) is 9.90 Å². The quantitative estimate of drug-likeness (QED) is 0.395. The first kappa shape index (κ1) is 17.9. The molecule has 0 bridgehead atoms. The van der Waals surface area contributed by atoms with Gasteiger partial charge in [-0.1, -0.05) is 42.5 Å². The molecule has 0 saturated heterocycles. The number of nitrogens with one attached hydrogen (secondary N) is 2. The molecule has 0 aliphatic carbocycles. The van der Waals surface area contributed by atoms with Crippen LogP contribution in [-0.4, -0.2) is 31.0 Å². The van der Waals surface area contributed by atoms with Crippen LogP contribution in [0.3, 0.4) is 0 Å². The fourth-order valence-electron chi connectivity index (χ4n) is 3.62. The number of carboxylic acids is 1. The van der Waals surface area contributed by atoms with E-state index < -0.39 is 5.97 Å². The van der Waals surface area contributed by atoms with E-state index in [1.165, 1.54) is 0 Å². The summed E-state index contributed by atoms with van der Waals surface area (Å²) < 4.78 is 0. The van der Waals surface area contributed by atoms with Gasteiger partial charge in [0.25, 0.3) is 0 Å². The van der Waals surface area contributed by atoms with Crippen LogP contribution in [0.15, 0.2) is 79.1 Å². The van der Waals surface area contributed by atoms with Gasteiger partial charge in [-0.25, -0.2) is 14.8 Å². The third kappa shape index (κ3) is 3.35. The van der Waals surface area contributed by atoms with Gasteiger partial charge in [-0.15, -0.1) is 0 Å². The van der Waals surface area contributed by atoms with Gasteiger partial charge in [-0.2, -0.15) is 0 Å². The molecule has 0 unspecified atom stereocenters. The topological polar surface area (TPSA) is 94.7 Å². The summed E-state index contributed by atoms with van der Waals surface area (Å²) in [6, 6.07) is 21.5. The van der Waals surface area contributed by atoms with Crippen molar-refractivity contribution in [3.05, 3.63) is 96.1 Å². The Balaban J connectivity index is 1.44. The lowest BCUT2D eigenvalue weighted by Gasteiger charge is -2.08. The van der Waals surface area contributed by atoms with Crippen molar-refractivity contribution in [2.45, 2.75) is 6.42 Å². The van der Waals surface area contributed by atoms with Crippen LogP contribution >= 0.6 is 0 Å². The zero-order valence-electron chi connectivity index (χ0n) is 16.0. The highest BCUT2D eigenvalue weighted by molar-refractivity contribution is 5.96. The van der Waals surface area contributed by atoms with Gasteiger partial charge in [0, 0.05) is 24.4 Å². The van der Waals surface area contributed by atoms with E-state index >= 15 is 0 Å². The lowest BCUT2D eigenvalue weighted by Crippen LogP contribution is -2.00. The number of carboxylic acid groups (broad SMARTS) is 1. The van der Waals surface area contributed by atoms with Gasteiger partial charge in [0.15, 0.2) is 0 Å². The maximum Gasteiger partial charge on any atom is 0.336 e. The molecule has 0 atom stereocenters. The molecule has 3 aromatic carbocycles. The molecule has 0 radical (unpaired) electrons. The fraction of sp³-hybridized carbons (Fsp3) is 0.0417. The summed E-state index contributed by atoms with van der Waals surface area (Å²) >= 11 is 0. The number of imidazole rings is 2. The number of benzene rings is 3. The van der Waals surface area contributed by atoms with Crippen LogP contribution in [0.5, 0.6) is 0 Å². The molecule has 0 aliphatic rings. The molecule has 5 rings (SSSR count). The van der Waals surface area contributed by atoms with Gasteiger partial charge >= 0.3 is 5.97 Å². The second kappa shape index (κ2) is 7.33. The first-order chi connectivity index (χ1) is 14.7. The second-order valence-electron chi connectivity index (χ2n) is 7.08. The van der Waals surface area contributed by atoms with Crippen LogP contribution in [-0.2, 0) is 6.42 Å². The largest absolute Gasteiger partial charge is 0.478 e. The van der Waals surface area contributed by atoms with E-state index in [1.807, 2.05) is 48.5 Å². The lowest BCUT2D eigenvalue weighted by molar-refractivity contribution is 0.0697. The van der Waals surface area contributed by atoms with Crippen molar-refractivity contribution in [2.24, 2.45) is 0 Å². The molecule has 0 fully saturated rings. The number of fused-ring (bicyclic) bond motifs is 1. The van der Waals surface area contributed by atoms with Crippen LogP contribution in [0.4, 0.5) is 0 Å². The number of aromatic nitrogens is 4. The Bertz CT molecular complexity index is 1300. The van der Waals surface area contributed by atoms with Crippen LogP contribution in [0.2, 0.25) is 0 Å². The highest BCUT2D eigenvalue weighted by Gasteiger charge is 2.15. The number of aromatic carboxylic acids is 1. The maximum absolute atomic E-state index is 11.6. The minimum atomic E-state index is -0.978. The van der Waals surface area contributed by atoms with Gasteiger partial charge in [-0.05, 0) is 41.0 Å². The molecule has 3 N–H and O–H groups in total. The molecule has 6 nitrogen and oxygen atoms in total. The van der Waals surface area contributed by atoms with Crippen molar-refractivity contribution in [3.63, 3.8) is 0 Å². The zero-order valence-corrected chi connectivity index (χ0v) is 16.0. The van der Waals surface area contributed by atoms with Gasteiger partial charge in [-0.3, -0.25) is 0 Å². The molecule has 30 heavy (non-hydrogen) atoms. The fourth-order valence-corrected chi connectivity index (χ4v) is 3.62. The van der Waals surface area contributed by atoms with Crippen molar-refractivity contribution in [2.75, 3.05) is 0 Å². The predicted molar refractivity (Wildman–Crippen MR) is 115 cm³/mol. The third-order valence-corrected chi connectivity index (χ3v) is 5.10. The summed E-state index contributed by atoms with van der Waals surface area (Å²) in [6.45, 7) is 0. The Hall–Kier alpha value is -4.19. The van der Waals surface area contributed by atoms with Gasteiger partial charge in [0.1, 0.15) is 11.6 Å². The molecule has 0 spiro atoms. The molecule has 2 heterocycles. The summed E-state index contributed by atoms with van der Waals surface area (Å²) in [5.41, 5.74) is 5.87. The Labute approximate surface area is 172 Å². The van der Waals surface area contributed by atoms with Crippen molar-refractivity contribution < 1.29 is 9.90 Å². The molecule has 0 saturated carbocycles. The van der Waals surface area contributed by atoms with Crippen LogP contribution < -0.4 is 0 Å². The highest BCUT2D eigenvalue weighted by atomic mass is 16.4.